The Balaban J connectivity index is 2.16. The molecule has 1 N–H and O–H groups in total. The minimum atomic E-state index is 0.0517. The van der Waals surface area contributed by atoms with Crippen LogP contribution in [0.1, 0.15) is 58.3 Å². The first-order valence-corrected chi connectivity index (χ1v) is 7.86. The summed E-state index contributed by atoms with van der Waals surface area (Å²) in [6, 6.07) is 0.331. The number of amides is 1. The summed E-state index contributed by atoms with van der Waals surface area (Å²) in [4.78, 5) is 14.1. The second kappa shape index (κ2) is 10.2. The van der Waals surface area contributed by atoms with Crippen molar-refractivity contribution < 1.29 is 9.90 Å². The lowest BCUT2D eigenvalue weighted by Gasteiger charge is -2.33. The van der Waals surface area contributed by atoms with E-state index in [1.54, 1.807) is 0 Å². The summed E-state index contributed by atoms with van der Waals surface area (Å²) in [5.41, 5.74) is 0. The van der Waals surface area contributed by atoms with Crippen LogP contribution in [-0.4, -0.2) is 43.1 Å². The molecule has 1 radical (unpaired) electrons. The van der Waals surface area contributed by atoms with Gasteiger partial charge in [-0.1, -0.05) is 13.3 Å². The summed E-state index contributed by atoms with van der Waals surface area (Å²) in [6.45, 7) is 5.35. The topological polar surface area (TPSA) is 52.2 Å². The van der Waals surface area contributed by atoms with Gasteiger partial charge >= 0.3 is 0 Å². The zero-order valence-electron chi connectivity index (χ0n) is 12.3. The van der Waals surface area contributed by atoms with Crippen molar-refractivity contribution in [1.82, 2.24) is 10.2 Å². The number of rotatable bonds is 9. The Morgan fingerprint density at radius 1 is 1.26 bits per heavy atom. The van der Waals surface area contributed by atoms with Crippen LogP contribution in [0.2, 0.25) is 0 Å². The van der Waals surface area contributed by atoms with E-state index in [4.69, 9.17) is 0 Å². The van der Waals surface area contributed by atoms with Gasteiger partial charge in [-0.05, 0) is 51.6 Å². The summed E-state index contributed by atoms with van der Waals surface area (Å²) in [7, 11) is 0. The molecule has 0 aliphatic carbocycles. The highest BCUT2D eigenvalue weighted by Gasteiger charge is 2.20. The molecule has 1 atom stereocenters. The van der Waals surface area contributed by atoms with Gasteiger partial charge in [-0.25, -0.2) is 5.11 Å². The summed E-state index contributed by atoms with van der Waals surface area (Å²) in [5.74, 6) is 0.208. The number of hydrogen-bond donors (Lipinski definition) is 1. The minimum absolute atomic E-state index is 0.0517. The van der Waals surface area contributed by atoms with Crippen molar-refractivity contribution in [1.29, 1.82) is 0 Å². The van der Waals surface area contributed by atoms with E-state index in [0.29, 0.717) is 12.5 Å². The Labute approximate surface area is 117 Å². The second-order valence-corrected chi connectivity index (χ2v) is 5.58. The molecule has 1 aliphatic rings. The molecule has 1 saturated heterocycles. The van der Waals surface area contributed by atoms with Crippen LogP contribution in [-0.2, 0) is 9.90 Å². The fourth-order valence-corrected chi connectivity index (χ4v) is 2.63. The number of carbonyl (C=O) groups excluding carboxylic acids is 1. The van der Waals surface area contributed by atoms with Gasteiger partial charge in [0.2, 0.25) is 5.91 Å². The zero-order chi connectivity index (χ0) is 13.9. The molecule has 111 valence electrons. The standard InChI is InChI=1S/C15H29N2O2/c1-2-3-9-15(19)16-14-8-7-11-17(13-14)10-5-4-6-12-18/h14H,2-13H2,1H3,(H,16,19). The molecule has 1 unspecified atom stereocenters. The van der Waals surface area contributed by atoms with Gasteiger partial charge in [0.25, 0.3) is 0 Å². The molecule has 0 aromatic rings. The molecule has 1 fully saturated rings. The number of hydrogen-bond acceptors (Lipinski definition) is 2. The predicted octanol–water partition coefficient (Wildman–Crippen LogP) is 2.36. The highest BCUT2D eigenvalue weighted by Crippen LogP contribution is 2.11. The van der Waals surface area contributed by atoms with Crippen LogP contribution in [0.15, 0.2) is 0 Å². The quantitative estimate of drug-likeness (QED) is 0.653. The number of piperidine rings is 1. The molecule has 1 aliphatic heterocycles. The monoisotopic (exact) mass is 269 g/mol. The van der Waals surface area contributed by atoms with E-state index in [-0.39, 0.29) is 12.5 Å². The van der Waals surface area contributed by atoms with Gasteiger partial charge in [0.1, 0.15) is 0 Å². The van der Waals surface area contributed by atoms with Crippen molar-refractivity contribution in [3.8, 4) is 0 Å². The molecular formula is C15H29N2O2. The normalized spacial score (nSPS) is 20.4. The van der Waals surface area contributed by atoms with Crippen molar-refractivity contribution in [3.05, 3.63) is 0 Å². The number of nitrogens with one attached hydrogen (secondary N) is 1. The first kappa shape index (κ1) is 16.4. The predicted molar refractivity (Wildman–Crippen MR) is 76.5 cm³/mol. The molecule has 0 aromatic heterocycles. The molecule has 1 rings (SSSR count). The third-order valence-corrected chi connectivity index (χ3v) is 3.75. The average Bonchev–Trinajstić information content (AvgIpc) is 2.42. The van der Waals surface area contributed by atoms with E-state index in [9.17, 15) is 9.90 Å². The van der Waals surface area contributed by atoms with Gasteiger partial charge in [-0.15, -0.1) is 0 Å². The lowest BCUT2D eigenvalue weighted by atomic mass is 10.0. The third-order valence-electron chi connectivity index (χ3n) is 3.75. The Kier molecular flexibility index (Phi) is 8.84. The van der Waals surface area contributed by atoms with Crippen LogP contribution in [0.3, 0.4) is 0 Å². The lowest BCUT2D eigenvalue weighted by Crippen LogP contribution is -2.47. The van der Waals surface area contributed by atoms with E-state index in [2.05, 4.69) is 17.1 Å². The van der Waals surface area contributed by atoms with Crippen LogP contribution in [0.4, 0.5) is 0 Å². The Morgan fingerprint density at radius 3 is 2.84 bits per heavy atom. The van der Waals surface area contributed by atoms with E-state index >= 15 is 0 Å². The molecule has 19 heavy (non-hydrogen) atoms. The van der Waals surface area contributed by atoms with Crippen LogP contribution in [0, 0.1) is 0 Å². The van der Waals surface area contributed by atoms with Gasteiger partial charge in [0.05, 0.1) is 6.61 Å². The van der Waals surface area contributed by atoms with Gasteiger partial charge in [0, 0.05) is 19.0 Å². The maximum atomic E-state index is 11.7. The highest BCUT2D eigenvalue weighted by molar-refractivity contribution is 5.76. The van der Waals surface area contributed by atoms with Crippen molar-refractivity contribution in [2.24, 2.45) is 0 Å². The second-order valence-electron chi connectivity index (χ2n) is 5.58. The molecule has 0 spiro atoms. The smallest absolute Gasteiger partial charge is 0.220 e. The van der Waals surface area contributed by atoms with Crippen molar-refractivity contribution in [2.75, 3.05) is 26.2 Å². The Morgan fingerprint density at radius 2 is 2.11 bits per heavy atom. The third kappa shape index (κ3) is 7.53. The maximum absolute atomic E-state index is 11.7. The zero-order valence-corrected chi connectivity index (χ0v) is 12.3. The number of carbonyl (C=O) groups is 1. The number of nitrogens with zero attached hydrogens (tertiary/aromatic N) is 1. The van der Waals surface area contributed by atoms with Gasteiger partial charge in [-0.3, -0.25) is 4.79 Å². The van der Waals surface area contributed by atoms with E-state index in [1.165, 1.54) is 6.42 Å². The molecule has 0 bridgehead atoms. The van der Waals surface area contributed by atoms with Crippen LogP contribution < -0.4 is 5.32 Å². The van der Waals surface area contributed by atoms with Crippen LogP contribution in [0.5, 0.6) is 0 Å². The van der Waals surface area contributed by atoms with E-state index < -0.39 is 0 Å². The van der Waals surface area contributed by atoms with Crippen LogP contribution >= 0.6 is 0 Å². The first-order chi connectivity index (χ1) is 9.26. The van der Waals surface area contributed by atoms with Gasteiger partial charge in [-0.2, -0.15) is 0 Å². The fraction of sp³-hybridized carbons (Fsp3) is 0.933. The fourth-order valence-electron chi connectivity index (χ4n) is 2.63. The minimum Gasteiger partial charge on any atom is -0.352 e. The molecule has 0 saturated carbocycles. The first-order valence-electron chi connectivity index (χ1n) is 7.86. The summed E-state index contributed by atoms with van der Waals surface area (Å²) in [6.07, 6.45) is 7.93. The van der Waals surface area contributed by atoms with Gasteiger partial charge in [0.15, 0.2) is 0 Å². The van der Waals surface area contributed by atoms with Crippen molar-refractivity contribution in [2.45, 2.75) is 64.3 Å². The SMILES string of the molecule is CCCCC(=O)NC1CCCN(CCCCC[O])C1. The molecule has 1 amide bonds. The Hall–Kier alpha value is -0.610. The molecule has 0 aromatic carbocycles. The summed E-state index contributed by atoms with van der Waals surface area (Å²) >= 11 is 0. The summed E-state index contributed by atoms with van der Waals surface area (Å²) < 4.78 is 0. The Bertz CT molecular complexity index is 246. The maximum Gasteiger partial charge on any atom is 0.220 e. The van der Waals surface area contributed by atoms with E-state index in [0.717, 1.165) is 58.2 Å². The van der Waals surface area contributed by atoms with Crippen LogP contribution in [0.25, 0.3) is 0 Å². The lowest BCUT2D eigenvalue weighted by molar-refractivity contribution is -0.122. The molecule has 1 heterocycles. The highest BCUT2D eigenvalue weighted by atomic mass is 16.2. The van der Waals surface area contributed by atoms with Gasteiger partial charge < -0.3 is 10.2 Å². The van der Waals surface area contributed by atoms with Crippen molar-refractivity contribution in [3.63, 3.8) is 0 Å². The molecular weight excluding hydrogens is 240 g/mol. The van der Waals surface area contributed by atoms with Crippen molar-refractivity contribution >= 4 is 5.91 Å². The largest absolute Gasteiger partial charge is 0.352 e. The number of unbranched alkanes of at least 4 members (excludes halogenated alkanes) is 3. The van der Waals surface area contributed by atoms with E-state index in [1.807, 2.05) is 0 Å². The molecule has 4 heteroatoms. The summed E-state index contributed by atoms with van der Waals surface area (Å²) in [5, 5.41) is 13.5. The number of likely N-dealkylation sites (tertiary alicyclic amines) is 1. The average molecular weight is 269 g/mol. The molecule has 4 nitrogen and oxygen atoms in total.